The van der Waals surface area contributed by atoms with Crippen LogP contribution in [-0.4, -0.2) is 34.0 Å². The number of benzene rings is 1. The molecule has 0 radical (unpaired) electrons. The number of carbonyl (C=O) groups is 4. The number of hydrogen-bond acceptors (Lipinski definition) is 6. The maximum absolute atomic E-state index is 12.1. The van der Waals surface area contributed by atoms with Crippen LogP contribution in [0.2, 0.25) is 0 Å². The van der Waals surface area contributed by atoms with Crippen molar-refractivity contribution in [3.8, 4) is 0 Å². The zero-order valence-corrected chi connectivity index (χ0v) is 14.8. The van der Waals surface area contributed by atoms with Gasteiger partial charge in [0, 0.05) is 24.5 Å². The first-order chi connectivity index (χ1) is 12.8. The standard InChI is InChI=1S/C15H16N6O5S/c1-8(22)17-14-19-11(7-27-14)12(23)18-10-4-2-9(3-5-10)6-16-13(24)20-21-15(25)26/h2-5,7,21H,6H2,1H3,(H,18,23)(H,25,26)(H2,16,20,24)(H,17,19,22). The highest BCUT2D eigenvalue weighted by atomic mass is 32.1. The first-order valence-corrected chi connectivity index (χ1v) is 8.37. The molecular formula is C15H16N6O5S. The van der Waals surface area contributed by atoms with E-state index in [9.17, 15) is 19.2 Å². The summed E-state index contributed by atoms with van der Waals surface area (Å²) in [5.41, 5.74) is 5.09. The zero-order valence-electron chi connectivity index (χ0n) is 14.0. The molecule has 0 aliphatic heterocycles. The molecule has 0 atom stereocenters. The second kappa shape index (κ2) is 9.15. The average molecular weight is 392 g/mol. The van der Waals surface area contributed by atoms with Crippen LogP contribution in [0.15, 0.2) is 29.6 Å². The van der Waals surface area contributed by atoms with E-state index in [0.29, 0.717) is 10.8 Å². The molecule has 0 spiro atoms. The molecule has 6 N–H and O–H groups in total. The number of hydrazine groups is 1. The molecule has 0 fully saturated rings. The summed E-state index contributed by atoms with van der Waals surface area (Å²) in [6.07, 6.45) is -1.38. The van der Waals surface area contributed by atoms with Crippen molar-refractivity contribution in [3.05, 3.63) is 40.9 Å². The molecule has 0 bridgehead atoms. The minimum absolute atomic E-state index is 0.160. The Morgan fingerprint density at radius 1 is 1.07 bits per heavy atom. The van der Waals surface area contributed by atoms with E-state index in [-0.39, 0.29) is 18.1 Å². The van der Waals surface area contributed by atoms with Gasteiger partial charge in [0.25, 0.3) is 5.91 Å². The number of urea groups is 1. The predicted molar refractivity (Wildman–Crippen MR) is 97.3 cm³/mol. The van der Waals surface area contributed by atoms with Crippen LogP contribution < -0.4 is 26.8 Å². The lowest BCUT2D eigenvalue weighted by atomic mass is 10.2. The van der Waals surface area contributed by atoms with Gasteiger partial charge in [0.05, 0.1) is 0 Å². The van der Waals surface area contributed by atoms with Crippen LogP contribution in [0.4, 0.5) is 20.4 Å². The Morgan fingerprint density at radius 2 is 1.78 bits per heavy atom. The first kappa shape index (κ1) is 19.7. The molecule has 0 unspecified atom stereocenters. The number of amides is 5. The van der Waals surface area contributed by atoms with Gasteiger partial charge in [-0.2, -0.15) is 0 Å². The zero-order chi connectivity index (χ0) is 19.8. The van der Waals surface area contributed by atoms with Crippen molar-refractivity contribution in [1.82, 2.24) is 21.2 Å². The van der Waals surface area contributed by atoms with Crippen molar-refractivity contribution in [2.75, 3.05) is 10.6 Å². The van der Waals surface area contributed by atoms with Gasteiger partial charge in [-0.15, -0.1) is 11.3 Å². The number of thiazole rings is 1. The van der Waals surface area contributed by atoms with Crippen molar-refractivity contribution in [1.29, 1.82) is 0 Å². The van der Waals surface area contributed by atoms with Gasteiger partial charge in [-0.3, -0.25) is 9.59 Å². The Hall–Kier alpha value is -3.67. The number of aromatic nitrogens is 1. The van der Waals surface area contributed by atoms with Crippen LogP contribution >= 0.6 is 11.3 Å². The molecule has 27 heavy (non-hydrogen) atoms. The lowest BCUT2D eigenvalue weighted by molar-refractivity contribution is -0.114. The molecule has 1 aromatic heterocycles. The van der Waals surface area contributed by atoms with Gasteiger partial charge < -0.3 is 21.1 Å². The van der Waals surface area contributed by atoms with Gasteiger partial charge in [0.2, 0.25) is 5.91 Å². The van der Waals surface area contributed by atoms with Gasteiger partial charge in [0.1, 0.15) is 5.69 Å². The SMILES string of the molecule is CC(=O)Nc1nc(C(=O)Nc2ccc(CNC(=O)NNC(=O)O)cc2)cs1. The van der Waals surface area contributed by atoms with E-state index in [4.69, 9.17) is 5.11 Å². The first-order valence-electron chi connectivity index (χ1n) is 7.49. The molecule has 12 heteroatoms. The molecule has 0 aliphatic carbocycles. The Morgan fingerprint density at radius 3 is 2.41 bits per heavy atom. The summed E-state index contributed by atoms with van der Waals surface area (Å²) >= 11 is 1.14. The second-order valence-electron chi connectivity index (χ2n) is 5.11. The van der Waals surface area contributed by atoms with Crippen molar-refractivity contribution < 1.29 is 24.3 Å². The summed E-state index contributed by atoms with van der Waals surface area (Å²) in [6, 6.07) is 5.95. The molecule has 5 amide bonds. The topological polar surface area (TPSA) is 162 Å². The van der Waals surface area contributed by atoms with Crippen LogP contribution in [0.1, 0.15) is 23.0 Å². The largest absolute Gasteiger partial charge is 0.464 e. The molecule has 1 aromatic carbocycles. The van der Waals surface area contributed by atoms with E-state index < -0.39 is 18.0 Å². The minimum atomic E-state index is -1.38. The summed E-state index contributed by atoms with van der Waals surface area (Å²) in [5, 5.41) is 17.9. The van der Waals surface area contributed by atoms with Gasteiger partial charge in [-0.05, 0) is 17.7 Å². The highest BCUT2D eigenvalue weighted by Crippen LogP contribution is 2.17. The number of carbonyl (C=O) groups excluding carboxylic acids is 3. The Kier molecular flexibility index (Phi) is 6.66. The molecule has 2 rings (SSSR count). The Labute approximate surface area is 157 Å². The number of nitrogens with one attached hydrogen (secondary N) is 5. The van der Waals surface area contributed by atoms with Crippen molar-refractivity contribution in [2.24, 2.45) is 0 Å². The number of anilines is 2. The normalized spacial score (nSPS) is 9.81. The second-order valence-corrected chi connectivity index (χ2v) is 5.97. The molecule has 0 saturated heterocycles. The van der Waals surface area contributed by atoms with Gasteiger partial charge >= 0.3 is 12.1 Å². The average Bonchev–Trinajstić information content (AvgIpc) is 3.07. The molecule has 1 heterocycles. The molecule has 0 saturated carbocycles. The van der Waals surface area contributed by atoms with E-state index in [2.05, 4.69) is 20.9 Å². The fourth-order valence-corrected chi connectivity index (χ4v) is 2.56. The van der Waals surface area contributed by atoms with Crippen LogP contribution in [0, 0.1) is 0 Å². The van der Waals surface area contributed by atoms with E-state index in [1.807, 2.05) is 5.43 Å². The maximum Gasteiger partial charge on any atom is 0.423 e. The molecule has 2 aromatic rings. The Bertz CT molecular complexity index is 851. The lowest BCUT2D eigenvalue weighted by Gasteiger charge is -2.08. The van der Waals surface area contributed by atoms with Crippen LogP contribution in [0.25, 0.3) is 0 Å². The smallest absolute Gasteiger partial charge is 0.423 e. The third kappa shape index (κ3) is 6.62. The third-order valence-electron chi connectivity index (χ3n) is 2.97. The van der Waals surface area contributed by atoms with Crippen molar-refractivity contribution in [2.45, 2.75) is 13.5 Å². The van der Waals surface area contributed by atoms with Crippen LogP contribution in [0.3, 0.4) is 0 Å². The van der Waals surface area contributed by atoms with Gasteiger partial charge in [-0.25, -0.2) is 25.4 Å². The fourth-order valence-electron chi connectivity index (χ4n) is 1.82. The number of hydrogen-bond donors (Lipinski definition) is 6. The van der Waals surface area contributed by atoms with Crippen LogP contribution in [-0.2, 0) is 11.3 Å². The van der Waals surface area contributed by atoms with E-state index in [0.717, 1.165) is 16.9 Å². The lowest BCUT2D eigenvalue weighted by Crippen LogP contribution is -2.46. The van der Waals surface area contributed by atoms with Crippen molar-refractivity contribution in [3.63, 3.8) is 0 Å². The predicted octanol–water partition coefficient (Wildman–Crippen LogP) is 1.34. The molecule has 0 aliphatic rings. The maximum atomic E-state index is 12.1. The number of rotatable bonds is 5. The highest BCUT2D eigenvalue weighted by molar-refractivity contribution is 7.14. The molecule has 11 nitrogen and oxygen atoms in total. The quantitative estimate of drug-likeness (QED) is 0.421. The fraction of sp³-hybridized carbons (Fsp3) is 0.133. The van der Waals surface area contributed by atoms with E-state index in [1.54, 1.807) is 29.7 Å². The number of nitrogens with zero attached hydrogens (tertiary/aromatic N) is 1. The summed E-state index contributed by atoms with van der Waals surface area (Å²) in [4.78, 5) is 48.7. The van der Waals surface area contributed by atoms with E-state index >= 15 is 0 Å². The summed E-state index contributed by atoms with van der Waals surface area (Å²) in [5.74, 6) is -0.694. The van der Waals surface area contributed by atoms with Crippen LogP contribution in [0.5, 0.6) is 0 Å². The highest BCUT2D eigenvalue weighted by Gasteiger charge is 2.12. The molecule has 142 valence electrons. The monoisotopic (exact) mass is 392 g/mol. The summed E-state index contributed by atoms with van der Waals surface area (Å²) < 4.78 is 0. The summed E-state index contributed by atoms with van der Waals surface area (Å²) in [6.45, 7) is 1.51. The summed E-state index contributed by atoms with van der Waals surface area (Å²) in [7, 11) is 0. The molecular weight excluding hydrogens is 376 g/mol. The number of carboxylic acid groups (broad SMARTS) is 1. The minimum Gasteiger partial charge on any atom is -0.464 e. The Balaban J connectivity index is 1.85. The van der Waals surface area contributed by atoms with Gasteiger partial charge in [0.15, 0.2) is 5.13 Å². The third-order valence-corrected chi connectivity index (χ3v) is 3.73. The van der Waals surface area contributed by atoms with E-state index in [1.165, 1.54) is 12.3 Å². The van der Waals surface area contributed by atoms with Crippen molar-refractivity contribution >= 4 is 46.1 Å². The van der Waals surface area contributed by atoms with Gasteiger partial charge in [-0.1, -0.05) is 12.1 Å².